The minimum Gasteiger partial charge on any atom is -0.370 e. The van der Waals surface area contributed by atoms with Gasteiger partial charge in [-0.1, -0.05) is 11.3 Å². The van der Waals surface area contributed by atoms with Crippen LogP contribution >= 0.6 is 0 Å². The molecule has 0 aliphatic rings. The molecule has 12 nitrogen and oxygen atoms in total. The fourth-order valence-corrected chi connectivity index (χ4v) is 1.98. The lowest BCUT2D eigenvalue weighted by Gasteiger charge is -2.09. The van der Waals surface area contributed by atoms with E-state index in [-0.39, 0.29) is 25.2 Å². The lowest BCUT2D eigenvalue weighted by molar-refractivity contribution is -0.119. The Labute approximate surface area is 153 Å². The average Bonchev–Trinajstić information content (AvgIpc) is 3.02. The molecule has 27 heavy (non-hydrogen) atoms. The van der Waals surface area contributed by atoms with Crippen LogP contribution in [0.5, 0.6) is 0 Å². The topological polar surface area (TPSA) is 187 Å². The molecule has 142 valence electrons. The molecule has 0 aliphatic heterocycles. The van der Waals surface area contributed by atoms with Crippen molar-refractivity contribution in [3.63, 3.8) is 0 Å². The normalized spacial score (nSPS) is 10.1. The van der Waals surface area contributed by atoms with Crippen molar-refractivity contribution in [2.75, 3.05) is 17.2 Å². The zero-order valence-electron chi connectivity index (χ0n) is 14.1. The Morgan fingerprint density at radius 3 is 2.41 bits per heavy atom. The molecule has 12 heteroatoms. The maximum Gasteiger partial charge on any atom is 0.319 e. The Morgan fingerprint density at radius 1 is 1.04 bits per heavy atom. The number of rotatable bonds is 8. The number of primary amides is 2. The first-order valence-electron chi connectivity index (χ1n) is 7.76. The minimum absolute atomic E-state index is 0.00110. The molecule has 1 heterocycles. The highest BCUT2D eigenvalue weighted by atomic mass is 16.2. The Kier molecular flexibility index (Phi) is 6.41. The molecule has 0 spiro atoms. The number of benzene rings is 1. The van der Waals surface area contributed by atoms with E-state index in [0.717, 1.165) is 4.68 Å². The van der Waals surface area contributed by atoms with Gasteiger partial charge in [-0.15, -0.1) is 5.10 Å². The molecule has 0 radical (unpaired) electrons. The second-order valence-corrected chi connectivity index (χ2v) is 5.40. The molecule has 1 aromatic heterocycles. The number of carbonyl (C=O) groups excluding carboxylic acids is 4. The summed E-state index contributed by atoms with van der Waals surface area (Å²) in [5, 5.41) is 14.9. The van der Waals surface area contributed by atoms with E-state index >= 15 is 0 Å². The quantitative estimate of drug-likeness (QED) is 0.394. The highest BCUT2D eigenvalue weighted by molar-refractivity contribution is 6.03. The number of nitrogens with two attached hydrogens (primary N) is 2. The van der Waals surface area contributed by atoms with Crippen LogP contribution in [0.25, 0.3) is 0 Å². The summed E-state index contributed by atoms with van der Waals surface area (Å²) in [6, 6.07) is 5.86. The van der Waals surface area contributed by atoms with Crippen LogP contribution in [0.4, 0.5) is 16.2 Å². The summed E-state index contributed by atoms with van der Waals surface area (Å²) in [6.45, 7) is -0.0803. The van der Waals surface area contributed by atoms with Gasteiger partial charge in [0.2, 0.25) is 11.8 Å². The SMILES string of the molecule is NC(=O)CCNC(=O)Nc1cccc(NC(=O)c2cn(CC(N)=O)nn2)c1. The van der Waals surface area contributed by atoms with Gasteiger partial charge >= 0.3 is 6.03 Å². The van der Waals surface area contributed by atoms with Gasteiger partial charge in [0.15, 0.2) is 5.69 Å². The molecule has 2 aromatic rings. The molecule has 0 atom stereocenters. The molecular formula is C15H18N8O4. The molecule has 7 N–H and O–H groups in total. The highest BCUT2D eigenvalue weighted by Gasteiger charge is 2.12. The zero-order chi connectivity index (χ0) is 19.8. The van der Waals surface area contributed by atoms with E-state index in [4.69, 9.17) is 11.5 Å². The Morgan fingerprint density at radius 2 is 1.74 bits per heavy atom. The van der Waals surface area contributed by atoms with Gasteiger partial charge in [0.05, 0.1) is 6.20 Å². The van der Waals surface area contributed by atoms with Crippen LogP contribution in [0.1, 0.15) is 16.9 Å². The molecule has 0 bridgehead atoms. The van der Waals surface area contributed by atoms with Crippen LogP contribution in [0, 0.1) is 0 Å². The smallest absolute Gasteiger partial charge is 0.319 e. The van der Waals surface area contributed by atoms with Gasteiger partial charge in [0.25, 0.3) is 5.91 Å². The summed E-state index contributed by atoms with van der Waals surface area (Å²) in [4.78, 5) is 45.4. The molecule has 0 saturated heterocycles. The number of urea groups is 1. The largest absolute Gasteiger partial charge is 0.370 e. The van der Waals surface area contributed by atoms with Crippen LogP contribution in [0.2, 0.25) is 0 Å². The van der Waals surface area contributed by atoms with E-state index in [1.807, 2.05) is 0 Å². The van der Waals surface area contributed by atoms with Gasteiger partial charge in [-0.25, -0.2) is 9.48 Å². The molecular weight excluding hydrogens is 356 g/mol. The molecule has 0 unspecified atom stereocenters. The van der Waals surface area contributed by atoms with E-state index in [2.05, 4.69) is 26.3 Å². The Bertz CT molecular complexity index is 863. The van der Waals surface area contributed by atoms with Gasteiger partial charge in [-0.3, -0.25) is 14.4 Å². The van der Waals surface area contributed by atoms with Crippen LogP contribution < -0.4 is 27.4 Å². The summed E-state index contributed by atoms with van der Waals surface area (Å²) in [5.74, 6) is -1.68. The van der Waals surface area contributed by atoms with Crippen LogP contribution in [0.3, 0.4) is 0 Å². The highest BCUT2D eigenvalue weighted by Crippen LogP contribution is 2.15. The van der Waals surface area contributed by atoms with Gasteiger partial charge < -0.3 is 27.4 Å². The zero-order valence-corrected chi connectivity index (χ0v) is 14.1. The molecule has 0 aliphatic carbocycles. The number of aromatic nitrogens is 3. The van der Waals surface area contributed by atoms with Crippen molar-refractivity contribution in [3.05, 3.63) is 36.2 Å². The molecule has 2 rings (SSSR count). The lowest BCUT2D eigenvalue weighted by atomic mass is 10.2. The average molecular weight is 374 g/mol. The third-order valence-corrected chi connectivity index (χ3v) is 3.12. The number of hydrogen-bond donors (Lipinski definition) is 5. The summed E-state index contributed by atoms with van der Waals surface area (Å²) in [5.41, 5.74) is 10.8. The molecule has 0 fully saturated rings. The maximum atomic E-state index is 12.2. The maximum absolute atomic E-state index is 12.2. The number of nitrogens with zero attached hydrogens (tertiary/aromatic N) is 3. The first kappa shape index (κ1) is 19.4. The lowest BCUT2D eigenvalue weighted by Crippen LogP contribution is -2.31. The first-order chi connectivity index (χ1) is 12.8. The monoisotopic (exact) mass is 374 g/mol. The molecule has 0 saturated carbocycles. The Hall–Kier alpha value is -3.96. The number of carbonyl (C=O) groups is 4. The minimum atomic E-state index is -0.611. The molecule has 5 amide bonds. The Balaban J connectivity index is 1.93. The molecule has 1 aromatic carbocycles. The van der Waals surface area contributed by atoms with E-state index in [9.17, 15) is 19.2 Å². The van der Waals surface area contributed by atoms with Gasteiger partial charge in [-0.05, 0) is 18.2 Å². The van der Waals surface area contributed by atoms with E-state index < -0.39 is 23.8 Å². The second-order valence-electron chi connectivity index (χ2n) is 5.40. The van der Waals surface area contributed by atoms with Crippen molar-refractivity contribution in [1.82, 2.24) is 20.3 Å². The number of hydrogen-bond acceptors (Lipinski definition) is 6. The third kappa shape index (κ3) is 6.45. The van der Waals surface area contributed by atoms with E-state index in [0.29, 0.717) is 11.4 Å². The summed E-state index contributed by atoms with van der Waals surface area (Å²) in [6.07, 6.45) is 1.31. The second kappa shape index (κ2) is 8.94. The van der Waals surface area contributed by atoms with Crippen molar-refractivity contribution in [2.24, 2.45) is 11.5 Å². The summed E-state index contributed by atoms with van der Waals surface area (Å²) in [7, 11) is 0. The predicted molar refractivity (Wildman–Crippen MR) is 94.4 cm³/mol. The van der Waals surface area contributed by atoms with Crippen LogP contribution in [0.15, 0.2) is 30.5 Å². The van der Waals surface area contributed by atoms with E-state index in [1.54, 1.807) is 18.2 Å². The van der Waals surface area contributed by atoms with Crippen molar-refractivity contribution in [2.45, 2.75) is 13.0 Å². The predicted octanol–water partition coefficient (Wildman–Crippen LogP) is -0.987. The summed E-state index contributed by atoms with van der Waals surface area (Å²) >= 11 is 0. The van der Waals surface area contributed by atoms with E-state index in [1.165, 1.54) is 12.3 Å². The number of anilines is 2. The number of amides is 5. The van der Waals surface area contributed by atoms with Crippen molar-refractivity contribution in [1.29, 1.82) is 0 Å². The van der Waals surface area contributed by atoms with Crippen LogP contribution in [-0.2, 0) is 16.1 Å². The third-order valence-electron chi connectivity index (χ3n) is 3.12. The number of nitrogens with one attached hydrogen (secondary N) is 3. The van der Waals surface area contributed by atoms with Crippen molar-refractivity contribution >= 4 is 35.1 Å². The fourth-order valence-electron chi connectivity index (χ4n) is 1.98. The van der Waals surface area contributed by atoms with Crippen molar-refractivity contribution < 1.29 is 19.2 Å². The summed E-state index contributed by atoms with van der Waals surface area (Å²) < 4.78 is 1.14. The standard InChI is InChI=1S/C15H18N8O4/c16-12(24)4-5-18-15(27)20-10-3-1-2-9(6-10)19-14(26)11-7-23(22-21-11)8-13(17)25/h1-3,6-7H,4-5,8H2,(H2,16,24)(H2,17,25)(H,19,26)(H2,18,20,27). The van der Waals surface area contributed by atoms with Gasteiger partial charge in [0.1, 0.15) is 6.54 Å². The first-order valence-corrected chi connectivity index (χ1v) is 7.76. The fraction of sp³-hybridized carbons (Fsp3) is 0.200. The van der Waals surface area contributed by atoms with Crippen LogP contribution in [-0.4, -0.2) is 45.3 Å². The van der Waals surface area contributed by atoms with Crippen molar-refractivity contribution in [3.8, 4) is 0 Å². The van der Waals surface area contributed by atoms with Gasteiger partial charge in [0, 0.05) is 24.3 Å². The van der Waals surface area contributed by atoms with Gasteiger partial charge in [-0.2, -0.15) is 0 Å².